The van der Waals surface area contributed by atoms with Crippen LogP contribution in [0.15, 0.2) is 42.5 Å². The van der Waals surface area contributed by atoms with Crippen LogP contribution < -0.4 is 14.4 Å². The fourth-order valence-electron chi connectivity index (χ4n) is 4.50. The summed E-state index contributed by atoms with van der Waals surface area (Å²) in [6, 6.07) is 12.4. The highest BCUT2D eigenvalue weighted by atomic mass is 16.5. The first-order valence-corrected chi connectivity index (χ1v) is 11.6. The molecule has 1 aliphatic heterocycles. The number of fused-ring (bicyclic) bond motifs is 3. The van der Waals surface area contributed by atoms with E-state index in [1.165, 1.54) is 0 Å². The average molecular weight is 466 g/mol. The van der Waals surface area contributed by atoms with E-state index in [4.69, 9.17) is 19.2 Å². The standard InChI is InChI=1S/C26H31N3O5/c1-6-34-25(31)22-23(18-15-17(32-4)11-12-21(18)33-5)29-20-10-8-7-9-19(20)27-26(29)28(24(22)30)14-13-16(2)3/h7-12,15-16,22-23H,6,13-14H2,1-5H3. The second-order valence-electron chi connectivity index (χ2n) is 8.73. The van der Waals surface area contributed by atoms with E-state index < -0.39 is 17.9 Å². The van der Waals surface area contributed by atoms with Crippen LogP contribution in [0.4, 0.5) is 5.95 Å². The Morgan fingerprint density at radius 3 is 2.56 bits per heavy atom. The third-order valence-corrected chi connectivity index (χ3v) is 6.17. The van der Waals surface area contributed by atoms with Gasteiger partial charge in [-0.2, -0.15) is 0 Å². The van der Waals surface area contributed by atoms with Crippen LogP contribution in [0.5, 0.6) is 11.5 Å². The first-order valence-electron chi connectivity index (χ1n) is 11.6. The molecule has 1 aromatic heterocycles. The number of methoxy groups -OCH3 is 2. The van der Waals surface area contributed by atoms with Crippen molar-refractivity contribution >= 4 is 28.9 Å². The lowest BCUT2D eigenvalue weighted by Crippen LogP contribution is -2.50. The summed E-state index contributed by atoms with van der Waals surface area (Å²) in [7, 11) is 3.14. The topological polar surface area (TPSA) is 82.9 Å². The van der Waals surface area contributed by atoms with Crippen LogP contribution in [0.3, 0.4) is 0 Å². The van der Waals surface area contributed by atoms with E-state index in [1.54, 1.807) is 38.2 Å². The molecule has 2 aromatic carbocycles. The van der Waals surface area contributed by atoms with E-state index >= 15 is 0 Å². The molecule has 0 aliphatic carbocycles. The van der Waals surface area contributed by atoms with Gasteiger partial charge in [0, 0.05) is 12.1 Å². The molecule has 1 aliphatic rings. The molecule has 8 heteroatoms. The van der Waals surface area contributed by atoms with Crippen molar-refractivity contribution in [3.63, 3.8) is 0 Å². The van der Waals surface area contributed by atoms with Gasteiger partial charge in [-0.05, 0) is 49.6 Å². The van der Waals surface area contributed by atoms with Crippen molar-refractivity contribution in [3.8, 4) is 11.5 Å². The number of hydrogen-bond donors (Lipinski definition) is 0. The number of anilines is 1. The maximum absolute atomic E-state index is 13.9. The number of amides is 1. The van der Waals surface area contributed by atoms with Gasteiger partial charge in [0.25, 0.3) is 0 Å². The Morgan fingerprint density at radius 2 is 1.88 bits per heavy atom. The van der Waals surface area contributed by atoms with Crippen molar-refractivity contribution in [1.82, 2.24) is 9.55 Å². The lowest BCUT2D eigenvalue weighted by atomic mass is 9.88. The van der Waals surface area contributed by atoms with Crippen LogP contribution in [0, 0.1) is 11.8 Å². The van der Waals surface area contributed by atoms with Crippen molar-refractivity contribution in [2.45, 2.75) is 33.2 Å². The van der Waals surface area contributed by atoms with E-state index in [9.17, 15) is 9.59 Å². The van der Waals surface area contributed by atoms with Gasteiger partial charge in [-0.1, -0.05) is 26.0 Å². The molecule has 0 saturated heterocycles. The summed E-state index contributed by atoms with van der Waals surface area (Å²) in [4.78, 5) is 33.7. The Labute approximate surface area is 199 Å². The number of hydrogen-bond acceptors (Lipinski definition) is 6. The van der Waals surface area contributed by atoms with Gasteiger partial charge >= 0.3 is 5.97 Å². The first-order chi connectivity index (χ1) is 16.4. The van der Waals surface area contributed by atoms with Crippen molar-refractivity contribution in [3.05, 3.63) is 48.0 Å². The molecule has 0 saturated carbocycles. The molecule has 1 amide bonds. The molecular formula is C26H31N3O5. The van der Waals surface area contributed by atoms with Gasteiger partial charge in [0.2, 0.25) is 11.9 Å². The zero-order valence-corrected chi connectivity index (χ0v) is 20.3. The molecular weight excluding hydrogens is 434 g/mol. The molecule has 2 heterocycles. The van der Waals surface area contributed by atoms with Gasteiger partial charge < -0.3 is 18.8 Å². The summed E-state index contributed by atoms with van der Waals surface area (Å²) < 4.78 is 18.5. The predicted molar refractivity (Wildman–Crippen MR) is 129 cm³/mol. The molecule has 4 rings (SSSR count). The zero-order chi connectivity index (χ0) is 24.4. The van der Waals surface area contributed by atoms with Crippen LogP contribution in [0.2, 0.25) is 0 Å². The monoisotopic (exact) mass is 465 g/mol. The average Bonchev–Trinajstić information content (AvgIpc) is 3.21. The van der Waals surface area contributed by atoms with Crippen molar-refractivity contribution in [2.24, 2.45) is 11.8 Å². The smallest absolute Gasteiger partial charge is 0.321 e. The lowest BCUT2D eigenvalue weighted by Gasteiger charge is -2.38. The molecule has 0 fully saturated rings. The molecule has 0 N–H and O–H groups in total. The summed E-state index contributed by atoms with van der Waals surface area (Å²) in [5, 5.41) is 0. The zero-order valence-electron chi connectivity index (χ0n) is 20.3. The fourth-order valence-corrected chi connectivity index (χ4v) is 4.50. The SMILES string of the molecule is CCOC(=O)C1C(=O)N(CCC(C)C)c2nc3ccccc3n2C1c1cc(OC)ccc1OC. The van der Waals surface area contributed by atoms with E-state index in [0.717, 1.165) is 17.5 Å². The van der Waals surface area contributed by atoms with Gasteiger partial charge in [0.1, 0.15) is 11.5 Å². The van der Waals surface area contributed by atoms with Crippen LogP contribution in [-0.2, 0) is 14.3 Å². The Balaban J connectivity index is 2.02. The number of esters is 1. The highest BCUT2D eigenvalue weighted by molar-refractivity contribution is 6.08. The summed E-state index contributed by atoms with van der Waals surface area (Å²) in [6.07, 6.45) is 0.775. The molecule has 0 spiro atoms. The van der Waals surface area contributed by atoms with Gasteiger partial charge in [-0.3, -0.25) is 14.5 Å². The summed E-state index contributed by atoms with van der Waals surface area (Å²) in [6.45, 7) is 6.57. The summed E-state index contributed by atoms with van der Waals surface area (Å²) in [5.41, 5.74) is 2.22. The minimum atomic E-state index is -1.10. The molecule has 2 unspecified atom stereocenters. The molecule has 180 valence electrons. The number of aromatic nitrogens is 2. The number of carbonyl (C=O) groups excluding carboxylic acids is 2. The number of carbonyl (C=O) groups is 2. The third-order valence-electron chi connectivity index (χ3n) is 6.17. The highest BCUT2D eigenvalue weighted by Gasteiger charge is 2.48. The molecule has 0 radical (unpaired) electrons. The predicted octanol–water partition coefficient (Wildman–Crippen LogP) is 4.21. The van der Waals surface area contributed by atoms with E-state index in [0.29, 0.717) is 35.5 Å². The largest absolute Gasteiger partial charge is 0.497 e. The van der Waals surface area contributed by atoms with E-state index in [-0.39, 0.29) is 12.5 Å². The van der Waals surface area contributed by atoms with Crippen LogP contribution >= 0.6 is 0 Å². The normalized spacial score (nSPS) is 17.7. The summed E-state index contributed by atoms with van der Waals surface area (Å²) in [5.74, 6) is 0.0480. The Morgan fingerprint density at radius 1 is 1.12 bits per heavy atom. The van der Waals surface area contributed by atoms with Crippen molar-refractivity contribution in [1.29, 1.82) is 0 Å². The number of benzene rings is 2. The molecule has 2 atom stereocenters. The van der Waals surface area contributed by atoms with Crippen molar-refractivity contribution < 1.29 is 23.8 Å². The highest BCUT2D eigenvalue weighted by Crippen LogP contribution is 2.45. The number of nitrogens with zero attached hydrogens (tertiary/aromatic N) is 3. The quantitative estimate of drug-likeness (QED) is 0.366. The third kappa shape index (κ3) is 4.08. The summed E-state index contributed by atoms with van der Waals surface area (Å²) >= 11 is 0. The maximum atomic E-state index is 13.9. The number of rotatable bonds is 8. The number of para-hydroxylation sites is 2. The fraction of sp³-hybridized carbons (Fsp3) is 0.423. The van der Waals surface area contributed by atoms with Gasteiger partial charge in [-0.15, -0.1) is 0 Å². The number of ether oxygens (including phenoxy) is 3. The Kier molecular flexibility index (Phi) is 6.77. The molecule has 0 bridgehead atoms. The maximum Gasteiger partial charge on any atom is 0.321 e. The van der Waals surface area contributed by atoms with Crippen LogP contribution in [-0.4, -0.2) is 48.8 Å². The van der Waals surface area contributed by atoms with Crippen LogP contribution in [0.25, 0.3) is 11.0 Å². The molecule has 34 heavy (non-hydrogen) atoms. The Bertz CT molecular complexity index is 1200. The second kappa shape index (κ2) is 9.75. The second-order valence-corrected chi connectivity index (χ2v) is 8.73. The molecule has 3 aromatic rings. The van der Waals surface area contributed by atoms with Gasteiger partial charge in [0.15, 0.2) is 5.92 Å². The Hall–Kier alpha value is -3.55. The molecule has 8 nitrogen and oxygen atoms in total. The van der Waals surface area contributed by atoms with E-state index in [1.807, 2.05) is 34.9 Å². The first kappa shape index (κ1) is 23.6. The minimum Gasteiger partial charge on any atom is -0.497 e. The van der Waals surface area contributed by atoms with Gasteiger partial charge in [-0.25, -0.2) is 4.98 Å². The van der Waals surface area contributed by atoms with E-state index in [2.05, 4.69) is 13.8 Å². The minimum absolute atomic E-state index is 0.175. The van der Waals surface area contributed by atoms with Crippen LogP contribution in [0.1, 0.15) is 38.8 Å². The number of imidazole rings is 1. The van der Waals surface area contributed by atoms with Gasteiger partial charge in [0.05, 0.1) is 37.9 Å². The lowest BCUT2D eigenvalue weighted by molar-refractivity contribution is -0.153. The van der Waals surface area contributed by atoms with Crippen molar-refractivity contribution in [2.75, 3.05) is 32.3 Å².